The maximum atomic E-state index is 14.0. The van der Waals surface area contributed by atoms with Gasteiger partial charge in [-0.3, -0.25) is 0 Å². The molecule has 0 fully saturated rings. The molecule has 0 N–H and O–H groups in total. The van der Waals surface area contributed by atoms with Gasteiger partial charge in [-0.1, -0.05) is 0 Å². The van der Waals surface area contributed by atoms with Crippen molar-refractivity contribution >= 4 is 5.97 Å². The molecule has 4 nitrogen and oxygen atoms in total. The molecule has 29 heavy (non-hydrogen) atoms. The molecule has 1 aromatic heterocycles. The second-order valence-corrected chi connectivity index (χ2v) is 5.90. The Balaban J connectivity index is 2.22. The van der Waals surface area contributed by atoms with E-state index in [9.17, 15) is 35.5 Å². The molecular formula is C18H14F7NO3. The van der Waals surface area contributed by atoms with Gasteiger partial charge in [0.2, 0.25) is 0 Å². The summed E-state index contributed by atoms with van der Waals surface area (Å²) < 4.78 is 104. The summed E-state index contributed by atoms with van der Waals surface area (Å²) >= 11 is 0. The highest BCUT2D eigenvalue weighted by Crippen LogP contribution is 2.51. The van der Waals surface area contributed by atoms with Crippen molar-refractivity contribution in [2.24, 2.45) is 0 Å². The summed E-state index contributed by atoms with van der Waals surface area (Å²) in [5.74, 6) is -18.6. The Labute approximate surface area is 160 Å². The number of ether oxygens (including phenoxy) is 2. The molecule has 0 aliphatic heterocycles. The van der Waals surface area contributed by atoms with Gasteiger partial charge < -0.3 is 9.47 Å². The fraction of sp³-hybridized carbons (Fsp3) is 0.333. The van der Waals surface area contributed by atoms with Gasteiger partial charge in [0, 0.05) is 18.7 Å². The number of carbonyl (C=O) groups excluding carboxylic acids is 1. The SMILES string of the molecule is CCOC(=O)c1cnc(Oc2ccc(C(F)(F)C(F)(F)C(C)(F)F)cc2)c(F)c1. The van der Waals surface area contributed by atoms with E-state index in [0.717, 1.165) is 24.4 Å². The van der Waals surface area contributed by atoms with Gasteiger partial charge in [-0.25, -0.2) is 14.2 Å². The van der Waals surface area contributed by atoms with Crippen LogP contribution in [-0.2, 0) is 10.7 Å². The summed E-state index contributed by atoms with van der Waals surface area (Å²) in [6, 6.07) is 3.17. The highest BCUT2D eigenvalue weighted by molar-refractivity contribution is 5.89. The van der Waals surface area contributed by atoms with Gasteiger partial charge in [0.05, 0.1) is 12.2 Å². The first kappa shape index (κ1) is 22.4. The van der Waals surface area contributed by atoms with Crippen LogP contribution in [0.4, 0.5) is 30.7 Å². The lowest BCUT2D eigenvalue weighted by molar-refractivity contribution is -0.308. The number of benzene rings is 1. The van der Waals surface area contributed by atoms with Crippen molar-refractivity contribution < 1.29 is 45.0 Å². The molecule has 0 atom stereocenters. The standard InChI is InChI=1S/C18H14F7NO3/c1-3-28-15(27)10-8-13(19)14(26-9-10)29-12-6-4-11(5-7-12)17(22,23)18(24,25)16(2,20)21/h4-9H,3H2,1-2H3. The largest absolute Gasteiger partial charge is 0.462 e. The normalized spacial score (nSPS) is 12.6. The lowest BCUT2D eigenvalue weighted by Gasteiger charge is -2.31. The van der Waals surface area contributed by atoms with Crippen LogP contribution in [0.1, 0.15) is 29.8 Å². The molecule has 2 aromatic rings. The van der Waals surface area contributed by atoms with Crippen LogP contribution in [0.15, 0.2) is 36.5 Å². The van der Waals surface area contributed by atoms with Gasteiger partial charge in [-0.05, 0) is 37.3 Å². The van der Waals surface area contributed by atoms with Gasteiger partial charge in [-0.2, -0.15) is 26.3 Å². The molecule has 0 unspecified atom stereocenters. The Morgan fingerprint density at radius 2 is 1.66 bits per heavy atom. The number of rotatable bonds is 7. The summed E-state index contributed by atoms with van der Waals surface area (Å²) in [5, 5.41) is 0. The monoisotopic (exact) mass is 425 g/mol. The molecule has 0 saturated carbocycles. The molecule has 0 aliphatic carbocycles. The van der Waals surface area contributed by atoms with Gasteiger partial charge in [0.1, 0.15) is 5.75 Å². The highest BCUT2D eigenvalue weighted by Gasteiger charge is 2.69. The molecule has 11 heteroatoms. The van der Waals surface area contributed by atoms with Crippen LogP contribution in [0.3, 0.4) is 0 Å². The van der Waals surface area contributed by atoms with Crippen molar-refractivity contribution in [1.29, 1.82) is 0 Å². The van der Waals surface area contributed by atoms with E-state index >= 15 is 0 Å². The van der Waals surface area contributed by atoms with E-state index in [4.69, 9.17) is 4.74 Å². The van der Waals surface area contributed by atoms with E-state index in [0.29, 0.717) is 12.1 Å². The van der Waals surface area contributed by atoms with Crippen molar-refractivity contribution in [3.05, 3.63) is 53.5 Å². The predicted octanol–water partition coefficient (Wildman–Crippen LogP) is 5.57. The first-order chi connectivity index (χ1) is 13.3. The van der Waals surface area contributed by atoms with Crippen LogP contribution in [-0.4, -0.2) is 29.4 Å². The average molecular weight is 425 g/mol. The lowest BCUT2D eigenvalue weighted by atomic mass is 9.98. The summed E-state index contributed by atoms with van der Waals surface area (Å²) in [5.41, 5.74) is -1.59. The van der Waals surface area contributed by atoms with E-state index in [1.54, 1.807) is 6.92 Å². The van der Waals surface area contributed by atoms with Crippen LogP contribution in [0.5, 0.6) is 11.6 Å². The summed E-state index contributed by atoms with van der Waals surface area (Å²) in [6.07, 6.45) is 0.947. The molecule has 1 heterocycles. The van der Waals surface area contributed by atoms with Gasteiger partial charge in [0.15, 0.2) is 5.82 Å². The predicted molar refractivity (Wildman–Crippen MR) is 86.1 cm³/mol. The second kappa shape index (κ2) is 7.88. The molecule has 0 radical (unpaired) electrons. The van der Waals surface area contributed by atoms with Gasteiger partial charge in [-0.15, -0.1) is 0 Å². The molecule has 0 saturated heterocycles. The smallest absolute Gasteiger partial charge is 0.375 e. The van der Waals surface area contributed by atoms with Crippen LogP contribution in [0.2, 0.25) is 0 Å². The maximum Gasteiger partial charge on any atom is 0.375 e. The van der Waals surface area contributed by atoms with Gasteiger partial charge >= 0.3 is 23.7 Å². The lowest BCUT2D eigenvalue weighted by Crippen LogP contribution is -2.50. The maximum absolute atomic E-state index is 14.0. The van der Waals surface area contributed by atoms with Crippen LogP contribution >= 0.6 is 0 Å². The topological polar surface area (TPSA) is 48.4 Å². The Hall–Kier alpha value is -2.85. The summed E-state index contributed by atoms with van der Waals surface area (Å²) in [4.78, 5) is 15.0. The first-order valence-corrected chi connectivity index (χ1v) is 8.05. The van der Waals surface area contributed by atoms with E-state index in [-0.39, 0.29) is 24.8 Å². The third-order valence-corrected chi connectivity index (χ3v) is 3.70. The minimum absolute atomic E-state index is 0.0543. The molecule has 158 valence electrons. The minimum Gasteiger partial charge on any atom is -0.462 e. The number of nitrogens with zero attached hydrogens (tertiary/aromatic N) is 1. The average Bonchev–Trinajstić information content (AvgIpc) is 2.63. The Morgan fingerprint density at radius 1 is 1.07 bits per heavy atom. The van der Waals surface area contributed by atoms with Gasteiger partial charge in [0.25, 0.3) is 5.88 Å². The number of aromatic nitrogens is 1. The highest BCUT2D eigenvalue weighted by atomic mass is 19.3. The molecule has 0 spiro atoms. The third kappa shape index (κ3) is 4.43. The third-order valence-electron chi connectivity index (χ3n) is 3.70. The Kier molecular flexibility index (Phi) is 6.10. The summed E-state index contributed by atoms with van der Waals surface area (Å²) in [6.45, 7) is 1.29. The molecule has 0 aliphatic rings. The number of carbonyl (C=O) groups is 1. The molecule has 2 rings (SSSR count). The van der Waals surface area contributed by atoms with Crippen LogP contribution < -0.4 is 4.74 Å². The minimum atomic E-state index is -5.64. The number of alkyl halides is 6. The zero-order valence-corrected chi connectivity index (χ0v) is 15.0. The zero-order valence-electron chi connectivity index (χ0n) is 15.0. The van der Waals surface area contributed by atoms with Crippen molar-refractivity contribution in [2.45, 2.75) is 31.6 Å². The van der Waals surface area contributed by atoms with Crippen molar-refractivity contribution in [1.82, 2.24) is 4.98 Å². The number of pyridine rings is 1. The van der Waals surface area contributed by atoms with E-state index < -0.39 is 41.0 Å². The van der Waals surface area contributed by atoms with Crippen LogP contribution in [0, 0.1) is 5.82 Å². The number of hydrogen-bond donors (Lipinski definition) is 0. The number of esters is 1. The molecule has 0 bridgehead atoms. The van der Waals surface area contributed by atoms with Crippen LogP contribution in [0.25, 0.3) is 0 Å². The zero-order chi connectivity index (χ0) is 22.0. The Morgan fingerprint density at radius 3 is 2.14 bits per heavy atom. The van der Waals surface area contributed by atoms with Crippen molar-refractivity contribution in [3.63, 3.8) is 0 Å². The number of hydrogen-bond acceptors (Lipinski definition) is 4. The summed E-state index contributed by atoms with van der Waals surface area (Å²) in [7, 11) is 0. The van der Waals surface area contributed by atoms with E-state index in [2.05, 4.69) is 9.72 Å². The quantitative estimate of drug-likeness (QED) is 0.430. The second-order valence-electron chi connectivity index (χ2n) is 5.90. The molecule has 1 aromatic carbocycles. The fourth-order valence-corrected chi connectivity index (χ4v) is 2.13. The molecular weight excluding hydrogens is 411 g/mol. The number of halogens is 7. The van der Waals surface area contributed by atoms with E-state index in [1.807, 2.05) is 0 Å². The van der Waals surface area contributed by atoms with Crippen molar-refractivity contribution in [3.8, 4) is 11.6 Å². The molecule has 0 amide bonds. The van der Waals surface area contributed by atoms with Crippen molar-refractivity contribution in [2.75, 3.05) is 6.61 Å². The van der Waals surface area contributed by atoms with E-state index in [1.165, 1.54) is 0 Å². The Bertz CT molecular complexity index is 880. The first-order valence-electron chi connectivity index (χ1n) is 8.05. The fourth-order valence-electron chi connectivity index (χ4n) is 2.13.